The van der Waals surface area contributed by atoms with Crippen LogP contribution in [0.2, 0.25) is 0 Å². The fourth-order valence-electron chi connectivity index (χ4n) is 3.26. The summed E-state index contributed by atoms with van der Waals surface area (Å²) in [4.78, 5) is 24.8. The van der Waals surface area contributed by atoms with Crippen molar-refractivity contribution in [2.24, 2.45) is 0 Å². The average molecular weight is 398 g/mol. The fourth-order valence-corrected chi connectivity index (χ4v) is 3.26. The summed E-state index contributed by atoms with van der Waals surface area (Å²) < 4.78 is 19.5. The highest BCUT2D eigenvalue weighted by atomic mass is 19.1. The molecule has 6 heteroatoms. The first-order chi connectivity index (χ1) is 14.5. The van der Waals surface area contributed by atoms with Gasteiger partial charge in [0.2, 0.25) is 0 Å². The number of nitrogens with zero attached hydrogens (tertiary/aromatic N) is 1. The first-order valence-corrected chi connectivity index (χ1v) is 9.11. The largest absolute Gasteiger partial charge is 0.422 e. The number of para-hydroxylation sites is 1. The van der Waals surface area contributed by atoms with Gasteiger partial charge < -0.3 is 9.73 Å². The van der Waals surface area contributed by atoms with Gasteiger partial charge in [0.15, 0.2) is 0 Å². The van der Waals surface area contributed by atoms with Gasteiger partial charge in [-0.15, -0.1) is 0 Å². The predicted molar refractivity (Wildman–Crippen MR) is 112 cm³/mol. The Labute approximate surface area is 171 Å². The Bertz CT molecular complexity index is 1400. The molecule has 0 saturated carbocycles. The second-order valence-corrected chi connectivity index (χ2v) is 6.78. The maximum atomic E-state index is 14.1. The minimum Gasteiger partial charge on any atom is -0.422 e. The number of nitrogens with one attached hydrogen (secondary N) is 1. The molecule has 0 bridgehead atoms. The average Bonchev–Trinajstić information content (AvgIpc) is 2.73. The molecule has 1 amide bonds. The van der Waals surface area contributed by atoms with Crippen LogP contribution in [0.5, 0.6) is 0 Å². The second kappa shape index (κ2) is 7.64. The lowest BCUT2D eigenvalue weighted by molar-refractivity contribution is 0.102. The standard InChI is InChI=1S/C24H15FN2O3/c1-14-10-17(27-23(28)19-8-6-15(13-26)11-21(19)25)7-9-18(14)20-12-16-4-2-3-5-22(16)30-24(20)29/h2-12H,1H3,(H,27,28). The van der Waals surface area contributed by atoms with Crippen LogP contribution in [0.15, 0.2) is 75.9 Å². The van der Waals surface area contributed by atoms with Gasteiger partial charge in [-0.3, -0.25) is 4.79 Å². The van der Waals surface area contributed by atoms with Gasteiger partial charge in [0.05, 0.1) is 22.8 Å². The lowest BCUT2D eigenvalue weighted by Gasteiger charge is -2.10. The van der Waals surface area contributed by atoms with E-state index in [0.29, 0.717) is 22.4 Å². The minimum atomic E-state index is -0.770. The lowest BCUT2D eigenvalue weighted by Crippen LogP contribution is -2.14. The highest BCUT2D eigenvalue weighted by Crippen LogP contribution is 2.26. The number of amides is 1. The summed E-state index contributed by atoms with van der Waals surface area (Å²) in [5.41, 5.74) is 2.33. The van der Waals surface area contributed by atoms with E-state index in [9.17, 15) is 14.0 Å². The van der Waals surface area contributed by atoms with E-state index in [1.54, 1.807) is 36.4 Å². The number of hydrogen-bond acceptors (Lipinski definition) is 4. The highest BCUT2D eigenvalue weighted by Gasteiger charge is 2.14. The van der Waals surface area contributed by atoms with Crippen LogP contribution in [0.3, 0.4) is 0 Å². The molecular formula is C24H15FN2O3. The fraction of sp³-hybridized carbons (Fsp3) is 0.0417. The Morgan fingerprint density at radius 1 is 1.03 bits per heavy atom. The van der Waals surface area contributed by atoms with E-state index in [0.717, 1.165) is 17.0 Å². The number of hydrogen-bond donors (Lipinski definition) is 1. The molecule has 4 aromatic rings. The summed E-state index contributed by atoms with van der Waals surface area (Å²) in [5, 5.41) is 12.3. The molecule has 0 aliphatic rings. The third-order valence-corrected chi connectivity index (χ3v) is 4.76. The van der Waals surface area contributed by atoms with Crippen molar-refractivity contribution in [3.63, 3.8) is 0 Å². The van der Waals surface area contributed by atoms with Crippen LogP contribution in [-0.2, 0) is 0 Å². The van der Waals surface area contributed by atoms with Crippen LogP contribution in [0.4, 0.5) is 10.1 Å². The van der Waals surface area contributed by atoms with Crippen molar-refractivity contribution >= 4 is 22.6 Å². The van der Waals surface area contributed by atoms with Gasteiger partial charge >= 0.3 is 5.63 Å². The van der Waals surface area contributed by atoms with E-state index in [1.165, 1.54) is 12.1 Å². The molecule has 0 saturated heterocycles. The molecule has 1 aromatic heterocycles. The molecular weight excluding hydrogens is 383 g/mol. The van der Waals surface area contributed by atoms with Crippen molar-refractivity contribution in [1.29, 1.82) is 5.26 Å². The molecule has 4 rings (SSSR count). The number of rotatable bonds is 3. The quantitative estimate of drug-likeness (QED) is 0.491. The number of benzene rings is 3. The smallest absolute Gasteiger partial charge is 0.344 e. The highest BCUT2D eigenvalue weighted by molar-refractivity contribution is 6.04. The summed E-state index contributed by atoms with van der Waals surface area (Å²) >= 11 is 0. The Morgan fingerprint density at radius 3 is 2.57 bits per heavy atom. The lowest BCUT2D eigenvalue weighted by atomic mass is 10.0. The zero-order valence-corrected chi connectivity index (χ0v) is 15.9. The molecule has 146 valence electrons. The summed E-state index contributed by atoms with van der Waals surface area (Å²) in [6.07, 6.45) is 0. The van der Waals surface area contributed by atoms with E-state index < -0.39 is 17.3 Å². The molecule has 0 aliphatic heterocycles. The molecule has 0 unspecified atom stereocenters. The van der Waals surface area contributed by atoms with Crippen molar-refractivity contribution in [3.05, 3.63) is 99.7 Å². The zero-order valence-electron chi connectivity index (χ0n) is 15.9. The number of nitriles is 1. The molecule has 0 radical (unpaired) electrons. The SMILES string of the molecule is Cc1cc(NC(=O)c2ccc(C#N)cc2F)ccc1-c1cc2ccccc2oc1=O. The summed E-state index contributed by atoms with van der Waals surface area (Å²) in [6.45, 7) is 1.81. The molecule has 0 fully saturated rings. The molecule has 0 atom stereocenters. The van der Waals surface area contributed by atoms with Gasteiger partial charge in [0.25, 0.3) is 5.91 Å². The van der Waals surface area contributed by atoms with Crippen LogP contribution >= 0.6 is 0 Å². The third kappa shape index (κ3) is 3.56. The van der Waals surface area contributed by atoms with Crippen LogP contribution in [0.1, 0.15) is 21.5 Å². The van der Waals surface area contributed by atoms with Gasteiger partial charge in [-0.1, -0.05) is 24.3 Å². The number of aryl methyl sites for hydroxylation is 1. The maximum Gasteiger partial charge on any atom is 0.344 e. The second-order valence-electron chi connectivity index (χ2n) is 6.78. The van der Waals surface area contributed by atoms with Crippen LogP contribution in [-0.4, -0.2) is 5.91 Å². The molecule has 5 nitrogen and oxygen atoms in total. The van der Waals surface area contributed by atoms with Crippen molar-refractivity contribution in [2.75, 3.05) is 5.32 Å². The summed E-state index contributed by atoms with van der Waals surface area (Å²) in [6, 6.07) is 19.5. The topological polar surface area (TPSA) is 83.1 Å². The Balaban J connectivity index is 1.64. The first kappa shape index (κ1) is 19.1. The number of carbonyl (C=O) groups is 1. The predicted octanol–water partition coefficient (Wildman–Crippen LogP) is 5.03. The molecule has 0 aliphatic carbocycles. The van der Waals surface area contributed by atoms with Gasteiger partial charge in [-0.2, -0.15) is 5.26 Å². The van der Waals surface area contributed by atoms with E-state index in [4.69, 9.17) is 9.68 Å². The van der Waals surface area contributed by atoms with E-state index >= 15 is 0 Å². The van der Waals surface area contributed by atoms with E-state index in [2.05, 4.69) is 5.32 Å². The van der Waals surface area contributed by atoms with Gasteiger partial charge in [0.1, 0.15) is 11.4 Å². The van der Waals surface area contributed by atoms with Crippen molar-refractivity contribution in [2.45, 2.75) is 6.92 Å². The maximum absolute atomic E-state index is 14.1. The van der Waals surface area contributed by atoms with Gasteiger partial charge in [0, 0.05) is 11.1 Å². The summed E-state index contributed by atoms with van der Waals surface area (Å²) in [7, 11) is 0. The monoisotopic (exact) mass is 398 g/mol. The minimum absolute atomic E-state index is 0.137. The van der Waals surface area contributed by atoms with Gasteiger partial charge in [-0.05, 0) is 60.5 Å². The van der Waals surface area contributed by atoms with E-state index in [-0.39, 0.29) is 11.1 Å². The third-order valence-electron chi connectivity index (χ3n) is 4.76. The number of carbonyl (C=O) groups excluding carboxylic acids is 1. The van der Waals surface area contributed by atoms with Crippen molar-refractivity contribution in [3.8, 4) is 17.2 Å². The molecule has 30 heavy (non-hydrogen) atoms. The number of halogens is 1. The van der Waals surface area contributed by atoms with Crippen molar-refractivity contribution < 1.29 is 13.6 Å². The first-order valence-electron chi connectivity index (χ1n) is 9.11. The van der Waals surface area contributed by atoms with E-state index in [1.807, 2.05) is 25.1 Å². The Hall–Kier alpha value is -4.24. The zero-order chi connectivity index (χ0) is 21.3. The van der Waals surface area contributed by atoms with Gasteiger partial charge in [-0.25, -0.2) is 9.18 Å². The molecule has 1 N–H and O–H groups in total. The van der Waals surface area contributed by atoms with Crippen LogP contribution in [0.25, 0.3) is 22.1 Å². The number of anilines is 1. The van der Waals surface area contributed by atoms with Crippen LogP contribution in [0, 0.1) is 24.1 Å². The molecule has 0 spiro atoms. The Kier molecular flexibility index (Phi) is 4.87. The Morgan fingerprint density at radius 2 is 1.83 bits per heavy atom. The van der Waals surface area contributed by atoms with Crippen molar-refractivity contribution in [1.82, 2.24) is 0 Å². The normalized spacial score (nSPS) is 10.6. The molecule has 3 aromatic carbocycles. The molecule has 1 heterocycles. The summed E-state index contributed by atoms with van der Waals surface area (Å²) in [5.74, 6) is -1.40. The van der Waals surface area contributed by atoms with Crippen LogP contribution < -0.4 is 10.9 Å². The number of fused-ring (bicyclic) bond motifs is 1.